The van der Waals surface area contributed by atoms with Gasteiger partial charge in [-0.15, -0.1) is 0 Å². The summed E-state index contributed by atoms with van der Waals surface area (Å²) < 4.78 is 0. The number of fused-ring (bicyclic) bond motifs is 1. The van der Waals surface area contributed by atoms with Crippen LogP contribution in [0.15, 0.2) is 36.4 Å². The Morgan fingerprint density at radius 1 is 1.00 bits per heavy atom. The Labute approximate surface area is 190 Å². The Bertz CT molecular complexity index is 576. The fourth-order valence-electron chi connectivity index (χ4n) is 4.10. The van der Waals surface area contributed by atoms with Crippen LogP contribution in [-0.2, 0) is 23.6 Å². The third-order valence-electron chi connectivity index (χ3n) is 6.63. The number of amidine groups is 1. The van der Waals surface area contributed by atoms with Crippen LogP contribution in [0.4, 0.5) is 0 Å². The van der Waals surface area contributed by atoms with E-state index in [0.717, 1.165) is 48.2 Å². The van der Waals surface area contributed by atoms with Crippen LogP contribution in [0.1, 0.15) is 52.7 Å². The molecule has 0 unspecified atom stereocenters. The normalized spacial score (nSPS) is 27.9. The Hall–Kier alpha value is -0.276. The van der Waals surface area contributed by atoms with Crippen LogP contribution in [0, 0.1) is 37.0 Å². The molecule has 1 fully saturated rings. The predicted molar refractivity (Wildman–Crippen MR) is 123 cm³/mol. The standard InChI is InChI=1S/C12H13N2.C10H20.CH3.2ClH.Ti/c1-2-3-8-14-9-10-6-4-5-7-11(10)12(14)13;1-6-7(2)9(4)10(5)8(6)3;;;;/h2-7H,8-9H2,1H3;6-10H,1-5H3;1H3;2*1H;/q-1;;-1;;;+2/p-2/b3-2+;;;;;. The zero-order chi connectivity index (χ0) is 20.6. The predicted octanol–water partition coefficient (Wildman–Crippen LogP) is 7.40. The van der Waals surface area contributed by atoms with Crippen molar-refractivity contribution in [3.63, 3.8) is 0 Å². The second-order valence-electron chi connectivity index (χ2n) is 7.80. The summed E-state index contributed by atoms with van der Waals surface area (Å²) in [4.78, 5) is 1.96. The van der Waals surface area contributed by atoms with Crippen molar-refractivity contribution in [2.24, 2.45) is 29.6 Å². The van der Waals surface area contributed by atoms with E-state index in [2.05, 4.69) is 40.7 Å². The van der Waals surface area contributed by atoms with Crippen LogP contribution < -0.4 is 0 Å². The van der Waals surface area contributed by atoms with Gasteiger partial charge >= 0.3 is 35.6 Å². The van der Waals surface area contributed by atoms with Gasteiger partial charge in [-0.1, -0.05) is 76.9 Å². The number of allylic oxidation sites excluding steroid dienone is 1. The average Bonchev–Trinajstić information content (AvgIpc) is 3.07. The van der Waals surface area contributed by atoms with E-state index >= 15 is 0 Å². The van der Waals surface area contributed by atoms with E-state index in [1.54, 1.807) is 0 Å². The van der Waals surface area contributed by atoms with Gasteiger partial charge in [0.1, 0.15) is 0 Å². The first kappa shape index (κ1) is 27.7. The molecule has 0 amide bonds. The molecule has 0 N–H and O–H groups in total. The first-order chi connectivity index (χ1) is 12.8. The van der Waals surface area contributed by atoms with Gasteiger partial charge in [0, 0.05) is 0 Å². The molecule has 0 spiro atoms. The van der Waals surface area contributed by atoms with Crippen molar-refractivity contribution >= 4 is 24.4 Å². The summed E-state index contributed by atoms with van der Waals surface area (Å²) >= 11 is -0.556. The molecule has 1 aromatic carbocycles. The third-order valence-corrected chi connectivity index (χ3v) is 6.63. The van der Waals surface area contributed by atoms with Gasteiger partial charge in [-0.2, -0.15) is 0 Å². The maximum absolute atomic E-state index is 9.88. The zero-order valence-electron chi connectivity index (χ0n) is 18.4. The average molecular weight is 459 g/mol. The molecule has 2 aliphatic rings. The van der Waals surface area contributed by atoms with Gasteiger partial charge in [0.2, 0.25) is 0 Å². The number of benzene rings is 1. The van der Waals surface area contributed by atoms with Crippen LogP contribution in [-0.4, -0.2) is 17.3 Å². The molecule has 5 heteroatoms. The summed E-state index contributed by atoms with van der Waals surface area (Å²) in [7, 11) is 9.78. The van der Waals surface area contributed by atoms with Crippen molar-refractivity contribution in [1.82, 2.24) is 4.90 Å². The molecule has 0 atom stereocenters. The first-order valence-electron chi connectivity index (χ1n) is 9.76. The fourth-order valence-corrected chi connectivity index (χ4v) is 4.10. The summed E-state index contributed by atoms with van der Waals surface area (Å²) in [6.45, 7) is 15.6. The van der Waals surface area contributed by atoms with E-state index in [4.69, 9.17) is 18.6 Å². The molecule has 1 heterocycles. The van der Waals surface area contributed by atoms with E-state index in [1.807, 2.05) is 42.2 Å². The molecule has 1 aliphatic heterocycles. The van der Waals surface area contributed by atoms with Crippen LogP contribution in [0.5, 0.6) is 0 Å². The van der Waals surface area contributed by atoms with Crippen molar-refractivity contribution in [3.8, 4) is 0 Å². The topological polar surface area (TPSA) is 25.5 Å². The summed E-state index contributed by atoms with van der Waals surface area (Å²) in [6.07, 6.45) is 4.04. The molecule has 2 nitrogen and oxygen atoms in total. The van der Waals surface area contributed by atoms with Gasteiger partial charge in [-0.05, 0) is 60.7 Å². The Morgan fingerprint density at radius 3 is 1.82 bits per heavy atom. The molecular weight excluding hydrogens is 423 g/mol. The first-order valence-corrected chi connectivity index (χ1v) is 14.1. The molecule has 1 aromatic rings. The van der Waals surface area contributed by atoms with Gasteiger partial charge in [-0.25, -0.2) is 0 Å². The number of hydrogen-bond acceptors (Lipinski definition) is 0. The van der Waals surface area contributed by atoms with Gasteiger partial charge in [0.05, 0.1) is 0 Å². The Kier molecular flexibility index (Phi) is 13.7. The molecule has 1 aliphatic carbocycles. The van der Waals surface area contributed by atoms with Crippen LogP contribution in [0.2, 0.25) is 0 Å². The SMILES string of the molecule is C/C=C/CN1Cc2ccccc2C1=[N-].CC1C(C)C(C)C(C)C1C.[CH3-].[Cl][Ti][Cl]. The van der Waals surface area contributed by atoms with Gasteiger partial charge in [0.25, 0.3) is 0 Å². The van der Waals surface area contributed by atoms with E-state index in [1.165, 1.54) is 5.56 Å². The van der Waals surface area contributed by atoms with E-state index < -0.39 is 17.0 Å². The molecule has 0 radical (unpaired) electrons. The Morgan fingerprint density at radius 2 is 1.43 bits per heavy atom. The molecule has 0 bridgehead atoms. The second-order valence-corrected chi connectivity index (χ2v) is 10.4. The van der Waals surface area contributed by atoms with Crippen LogP contribution >= 0.6 is 18.6 Å². The van der Waals surface area contributed by atoms with Crippen LogP contribution in [0.3, 0.4) is 0 Å². The van der Waals surface area contributed by atoms with E-state index in [9.17, 15) is 5.41 Å². The number of rotatable bonds is 2. The summed E-state index contributed by atoms with van der Waals surface area (Å²) in [5.41, 5.74) is 2.17. The monoisotopic (exact) mass is 458 g/mol. The molecule has 28 heavy (non-hydrogen) atoms. The zero-order valence-corrected chi connectivity index (χ0v) is 21.5. The van der Waals surface area contributed by atoms with Crippen molar-refractivity contribution in [2.75, 3.05) is 6.54 Å². The second kappa shape index (κ2) is 13.9. The van der Waals surface area contributed by atoms with Gasteiger partial charge in [-0.3, -0.25) is 0 Å². The summed E-state index contributed by atoms with van der Waals surface area (Å²) in [6, 6.07) is 7.97. The minimum absolute atomic E-state index is 0. The number of hydrogen-bond donors (Lipinski definition) is 0. The van der Waals surface area contributed by atoms with E-state index in [0.29, 0.717) is 5.84 Å². The molecular formula is C23H36Cl2N2Ti-2. The molecule has 0 saturated heterocycles. The molecule has 0 aromatic heterocycles. The van der Waals surface area contributed by atoms with Crippen molar-refractivity contribution < 1.29 is 17.0 Å². The third kappa shape index (κ3) is 7.20. The Balaban J connectivity index is 0.000000461. The van der Waals surface area contributed by atoms with Gasteiger partial charge < -0.3 is 17.7 Å². The fraction of sp³-hybridized carbons (Fsp3) is 0.565. The number of halogens is 2. The van der Waals surface area contributed by atoms with Gasteiger partial charge in [0.15, 0.2) is 0 Å². The quantitative estimate of drug-likeness (QED) is 0.257. The number of nitrogens with zero attached hydrogens (tertiary/aromatic N) is 2. The summed E-state index contributed by atoms with van der Waals surface area (Å²) in [5, 5.41) is 9.88. The molecule has 3 rings (SSSR count). The van der Waals surface area contributed by atoms with Crippen molar-refractivity contribution in [1.29, 1.82) is 0 Å². The van der Waals surface area contributed by atoms with Crippen LogP contribution in [0.25, 0.3) is 5.41 Å². The maximum atomic E-state index is 9.88. The molecule has 158 valence electrons. The minimum atomic E-state index is -0.556. The van der Waals surface area contributed by atoms with Crippen molar-refractivity contribution in [2.45, 2.75) is 48.1 Å². The summed E-state index contributed by atoms with van der Waals surface area (Å²) in [5.74, 6) is 5.08. The van der Waals surface area contributed by atoms with Crippen molar-refractivity contribution in [3.05, 3.63) is 60.4 Å². The van der Waals surface area contributed by atoms with E-state index in [-0.39, 0.29) is 7.43 Å². The molecule has 1 saturated carbocycles.